The third kappa shape index (κ3) is 8.65. The van der Waals surface area contributed by atoms with E-state index in [1.165, 1.54) is 75.3 Å². The van der Waals surface area contributed by atoms with Gasteiger partial charge in [-0.1, -0.05) is 120 Å². The Hall–Kier alpha value is -2.09. The lowest BCUT2D eigenvalue weighted by atomic mass is 9.87. The predicted octanol–water partition coefficient (Wildman–Crippen LogP) is 8.32. The molecule has 2 nitrogen and oxygen atoms in total. The van der Waals surface area contributed by atoms with Crippen LogP contribution in [0.15, 0.2) is 54.6 Å². The normalized spacial score (nSPS) is 15.9. The van der Waals surface area contributed by atoms with E-state index >= 15 is 0 Å². The van der Waals surface area contributed by atoms with Crippen molar-refractivity contribution < 1.29 is 4.79 Å². The highest BCUT2D eigenvalue weighted by Gasteiger charge is 2.18. The van der Waals surface area contributed by atoms with Gasteiger partial charge in [0.15, 0.2) is 0 Å². The lowest BCUT2D eigenvalue weighted by Crippen LogP contribution is -2.27. The maximum atomic E-state index is 12.9. The molecule has 0 aliphatic heterocycles. The molecule has 0 aromatic heterocycles. The largest absolute Gasteiger partial charge is 0.352 e. The molecule has 180 valence electrons. The standard InChI is InChI=1S/C31H45NO/c1-3-13-27(17-8-7-14-25(2)28-18-5-4-6-19-28)24-29-20-11-12-21-30(29)31(33)32-23-22-26-15-9-10-16-26/h4-6,11-12,18-21,25-27H,3,7-10,13-17,22-24H2,1-2H3,(H,32,33)/t25?,27-/m1/s1. The first kappa shape index (κ1) is 25.5. The fraction of sp³-hybridized carbons (Fsp3) is 0.581. The Bertz CT molecular complexity index is 809. The molecule has 0 bridgehead atoms. The number of hydrogen-bond donors (Lipinski definition) is 1. The topological polar surface area (TPSA) is 29.1 Å². The van der Waals surface area contributed by atoms with Crippen molar-refractivity contribution >= 4 is 5.91 Å². The van der Waals surface area contributed by atoms with Crippen molar-refractivity contribution in [3.63, 3.8) is 0 Å². The highest BCUT2D eigenvalue weighted by Crippen LogP contribution is 2.28. The smallest absolute Gasteiger partial charge is 0.251 e. The molecule has 0 spiro atoms. The summed E-state index contributed by atoms with van der Waals surface area (Å²) in [6, 6.07) is 19.2. The van der Waals surface area contributed by atoms with Crippen LogP contribution in [0.5, 0.6) is 0 Å². The number of carbonyl (C=O) groups excluding carboxylic acids is 1. The second kappa shape index (κ2) is 14.2. The van der Waals surface area contributed by atoms with Gasteiger partial charge in [-0.05, 0) is 54.2 Å². The van der Waals surface area contributed by atoms with Crippen molar-refractivity contribution in [1.29, 1.82) is 0 Å². The molecule has 2 aromatic rings. The molecule has 2 atom stereocenters. The number of unbranched alkanes of at least 4 members (excludes halogenated alkanes) is 1. The summed E-state index contributed by atoms with van der Waals surface area (Å²) in [7, 11) is 0. The molecule has 2 aromatic carbocycles. The van der Waals surface area contributed by atoms with Gasteiger partial charge in [-0.3, -0.25) is 4.79 Å². The molecule has 33 heavy (non-hydrogen) atoms. The molecule has 2 heteroatoms. The maximum Gasteiger partial charge on any atom is 0.251 e. The van der Waals surface area contributed by atoms with Crippen molar-refractivity contribution in [2.24, 2.45) is 11.8 Å². The van der Waals surface area contributed by atoms with Gasteiger partial charge in [-0.2, -0.15) is 0 Å². The lowest BCUT2D eigenvalue weighted by molar-refractivity contribution is 0.0950. The van der Waals surface area contributed by atoms with Crippen LogP contribution in [-0.2, 0) is 6.42 Å². The molecule has 1 fully saturated rings. The van der Waals surface area contributed by atoms with Gasteiger partial charge < -0.3 is 5.32 Å². The molecule has 1 aliphatic carbocycles. The number of nitrogens with one attached hydrogen (secondary N) is 1. The minimum Gasteiger partial charge on any atom is -0.352 e. The molecule has 0 radical (unpaired) electrons. The summed E-state index contributed by atoms with van der Waals surface area (Å²) in [5, 5.41) is 3.21. The number of hydrogen-bond acceptors (Lipinski definition) is 1. The zero-order valence-corrected chi connectivity index (χ0v) is 21.0. The molecule has 1 N–H and O–H groups in total. The summed E-state index contributed by atoms with van der Waals surface area (Å²) in [5.74, 6) is 2.23. The Balaban J connectivity index is 1.47. The van der Waals surface area contributed by atoms with Crippen LogP contribution in [0.1, 0.15) is 112 Å². The molecular formula is C31H45NO. The summed E-state index contributed by atoms with van der Waals surface area (Å²) in [6.45, 7) is 5.45. The van der Waals surface area contributed by atoms with Crippen molar-refractivity contribution in [2.45, 2.75) is 96.8 Å². The second-order valence-corrected chi connectivity index (χ2v) is 10.3. The van der Waals surface area contributed by atoms with Gasteiger partial charge in [-0.25, -0.2) is 0 Å². The average Bonchev–Trinajstić information content (AvgIpc) is 3.36. The molecule has 3 rings (SSSR count). The Morgan fingerprint density at radius 1 is 0.939 bits per heavy atom. The van der Waals surface area contributed by atoms with Crippen LogP contribution < -0.4 is 5.32 Å². The second-order valence-electron chi connectivity index (χ2n) is 10.3. The van der Waals surface area contributed by atoms with E-state index in [1.807, 2.05) is 12.1 Å². The highest BCUT2D eigenvalue weighted by molar-refractivity contribution is 5.95. The van der Waals surface area contributed by atoms with Crippen molar-refractivity contribution in [2.75, 3.05) is 6.54 Å². The number of amides is 1. The molecule has 1 amide bonds. The van der Waals surface area contributed by atoms with E-state index in [4.69, 9.17) is 0 Å². The van der Waals surface area contributed by atoms with E-state index in [9.17, 15) is 4.79 Å². The first-order valence-electron chi connectivity index (χ1n) is 13.6. The monoisotopic (exact) mass is 447 g/mol. The Morgan fingerprint density at radius 3 is 2.39 bits per heavy atom. The van der Waals surface area contributed by atoms with Gasteiger partial charge >= 0.3 is 0 Å². The van der Waals surface area contributed by atoms with E-state index in [0.29, 0.717) is 11.8 Å². The average molecular weight is 448 g/mol. The summed E-state index contributed by atoms with van der Waals surface area (Å²) in [4.78, 5) is 12.9. The number of benzene rings is 2. The van der Waals surface area contributed by atoms with Gasteiger partial charge in [0.25, 0.3) is 5.91 Å². The van der Waals surface area contributed by atoms with E-state index in [-0.39, 0.29) is 5.91 Å². The summed E-state index contributed by atoms with van der Waals surface area (Å²) in [6.07, 6.45) is 15.1. The van der Waals surface area contributed by atoms with E-state index in [2.05, 4.69) is 61.6 Å². The SMILES string of the molecule is CCC[C@H](CCCCC(C)c1ccccc1)Cc1ccccc1C(=O)NCCC1CCCC1. The minimum absolute atomic E-state index is 0.121. The van der Waals surface area contributed by atoms with E-state index in [0.717, 1.165) is 30.9 Å². The van der Waals surface area contributed by atoms with Crippen molar-refractivity contribution in [1.82, 2.24) is 5.32 Å². The lowest BCUT2D eigenvalue weighted by Gasteiger charge is -2.19. The van der Waals surface area contributed by atoms with Gasteiger partial charge in [0.05, 0.1) is 0 Å². The molecule has 0 saturated heterocycles. The van der Waals surface area contributed by atoms with Crippen LogP contribution in [0.4, 0.5) is 0 Å². The van der Waals surface area contributed by atoms with Gasteiger partial charge in [0.2, 0.25) is 0 Å². The van der Waals surface area contributed by atoms with Crippen LogP contribution in [0, 0.1) is 11.8 Å². The molecule has 1 aliphatic rings. The molecule has 0 heterocycles. The van der Waals surface area contributed by atoms with E-state index in [1.54, 1.807) is 0 Å². The Morgan fingerprint density at radius 2 is 1.64 bits per heavy atom. The van der Waals surface area contributed by atoms with Crippen LogP contribution in [0.3, 0.4) is 0 Å². The fourth-order valence-corrected chi connectivity index (χ4v) is 5.60. The number of rotatable bonds is 14. The minimum atomic E-state index is 0.121. The Kier molecular flexibility index (Phi) is 11.0. The Labute approximate surface area is 202 Å². The fourth-order valence-electron chi connectivity index (χ4n) is 5.60. The van der Waals surface area contributed by atoms with Crippen LogP contribution >= 0.6 is 0 Å². The molecular weight excluding hydrogens is 402 g/mol. The van der Waals surface area contributed by atoms with E-state index < -0.39 is 0 Å². The molecule has 1 saturated carbocycles. The van der Waals surface area contributed by atoms with Crippen molar-refractivity contribution in [3.8, 4) is 0 Å². The van der Waals surface area contributed by atoms with Gasteiger partial charge in [-0.15, -0.1) is 0 Å². The van der Waals surface area contributed by atoms with Crippen LogP contribution in [0.25, 0.3) is 0 Å². The summed E-state index contributed by atoms with van der Waals surface area (Å²) < 4.78 is 0. The highest BCUT2D eigenvalue weighted by atomic mass is 16.1. The van der Waals surface area contributed by atoms with Gasteiger partial charge in [0, 0.05) is 12.1 Å². The zero-order valence-electron chi connectivity index (χ0n) is 21.0. The zero-order chi connectivity index (χ0) is 23.3. The van der Waals surface area contributed by atoms with Gasteiger partial charge in [0.1, 0.15) is 0 Å². The maximum absolute atomic E-state index is 12.9. The number of carbonyl (C=O) groups is 1. The third-order valence-corrected chi connectivity index (χ3v) is 7.65. The predicted molar refractivity (Wildman–Crippen MR) is 141 cm³/mol. The third-order valence-electron chi connectivity index (χ3n) is 7.65. The first-order valence-corrected chi connectivity index (χ1v) is 13.6. The molecule has 1 unspecified atom stereocenters. The van der Waals surface area contributed by atoms with Crippen LogP contribution in [-0.4, -0.2) is 12.5 Å². The quantitative estimate of drug-likeness (QED) is 0.290. The summed E-state index contributed by atoms with van der Waals surface area (Å²) in [5.41, 5.74) is 3.57. The van der Waals surface area contributed by atoms with Crippen LogP contribution in [0.2, 0.25) is 0 Å². The first-order chi connectivity index (χ1) is 16.2. The summed E-state index contributed by atoms with van der Waals surface area (Å²) >= 11 is 0. The van der Waals surface area contributed by atoms with Crippen molar-refractivity contribution in [3.05, 3.63) is 71.3 Å².